The highest BCUT2D eigenvalue weighted by atomic mass is 35.5. The average Bonchev–Trinajstić information content (AvgIpc) is 3.43. The van der Waals surface area contributed by atoms with Crippen LogP contribution in [0, 0.1) is 0 Å². The smallest absolute Gasteiger partial charge is 0.335 e. The Hall–Kier alpha value is -3.73. The molecule has 0 atom stereocenters. The Morgan fingerprint density at radius 1 is 1.09 bits per heavy atom. The van der Waals surface area contributed by atoms with Gasteiger partial charge in [-0.3, -0.25) is 9.59 Å². The van der Waals surface area contributed by atoms with Gasteiger partial charge in [-0.15, -0.1) is 11.3 Å². The van der Waals surface area contributed by atoms with Crippen LogP contribution >= 0.6 is 22.9 Å². The number of carbonyl (C=O) groups excluding carboxylic acids is 2. The number of aromatic nitrogens is 2. The van der Waals surface area contributed by atoms with E-state index in [2.05, 4.69) is 25.5 Å². The van der Waals surface area contributed by atoms with Gasteiger partial charge in [0.25, 0.3) is 11.8 Å². The number of H-pyrrole nitrogens is 1. The van der Waals surface area contributed by atoms with Crippen molar-refractivity contribution in [2.45, 2.75) is 13.0 Å². The summed E-state index contributed by atoms with van der Waals surface area (Å²) >= 11 is 7.36. The Morgan fingerprint density at radius 3 is 2.69 bits per heavy atom. The van der Waals surface area contributed by atoms with Crippen LogP contribution in [0.5, 0.6) is 0 Å². The number of rotatable bonds is 5. The van der Waals surface area contributed by atoms with Crippen molar-refractivity contribution in [1.82, 2.24) is 14.9 Å². The van der Waals surface area contributed by atoms with Crippen molar-refractivity contribution in [3.63, 3.8) is 0 Å². The molecule has 4 N–H and O–H groups in total. The molecular weight excluding hydrogens is 490 g/mol. The topological polar surface area (TPSA) is 127 Å². The number of hydrogen-bond donors (Lipinski definition) is 4. The van der Waals surface area contributed by atoms with Gasteiger partial charge in [0.2, 0.25) is 0 Å². The minimum absolute atomic E-state index is 0.0329. The molecule has 178 valence electrons. The second kappa shape index (κ2) is 9.14. The molecule has 2 aromatic carbocycles. The summed E-state index contributed by atoms with van der Waals surface area (Å²) in [6.45, 7) is 1.62. The second-order valence-electron chi connectivity index (χ2n) is 8.27. The third kappa shape index (κ3) is 4.76. The summed E-state index contributed by atoms with van der Waals surface area (Å²) in [5, 5.41) is 16.5. The Kier molecular flexibility index (Phi) is 6.01. The number of anilines is 2. The van der Waals surface area contributed by atoms with Crippen LogP contribution in [0.2, 0.25) is 5.02 Å². The van der Waals surface area contributed by atoms with Gasteiger partial charge in [0.05, 0.1) is 22.6 Å². The van der Waals surface area contributed by atoms with E-state index < -0.39 is 17.8 Å². The van der Waals surface area contributed by atoms with Gasteiger partial charge in [0.1, 0.15) is 5.69 Å². The normalized spacial score (nSPS) is 13.4. The predicted octanol–water partition coefficient (Wildman–Crippen LogP) is 4.47. The van der Waals surface area contributed by atoms with Crippen molar-refractivity contribution in [2.24, 2.45) is 0 Å². The zero-order valence-corrected chi connectivity index (χ0v) is 20.1. The van der Waals surface area contributed by atoms with Gasteiger partial charge in [0, 0.05) is 40.3 Å². The maximum absolute atomic E-state index is 13.0. The minimum Gasteiger partial charge on any atom is -0.478 e. The van der Waals surface area contributed by atoms with Crippen molar-refractivity contribution in [3.8, 4) is 0 Å². The number of thiazole rings is 1. The van der Waals surface area contributed by atoms with E-state index in [0.717, 1.165) is 41.0 Å². The monoisotopic (exact) mass is 509 g/mol. The van der Waals surface area contributed by atoms with Crippen molar-refractivity contribution < 1.29 is 19.5 Å². The first-order chi connectivity index (χ1) is 16.8. The highest BCUT2D eigenvalue weighted by molar-refractivity contribution is 7.13. The zero-order chi connectivity index (χ0) is 24.7. The molecule has 1 aliphatic rings. The molecule has 2 amide bonds. The third-order valence-electron chi connectivity index (χ3n) is 5.71. The standard InChI is InChI=1S/C24H20ClN5O4S/c1-30-7-6-17-20(11-30)35-23(29-17)22(32)27-16-4-2-12(24(33)34)9-18(16)28-21(31)19-10-13-8-14(25)3-5-15(13)26-19/h2-5,8-10,26H,6-7,11H2,1H3,(H,27,32)(H,28,31)(H,33,34). The molecule has 0 radical (unpaired) electrons. The van der Waals surface area contributed by atoms with E-state index in [1.807, 2.05) is 7.05 Å². The summed E-state index contributed by atoms with van der Waals surface area (Å²) in [6.07, 6.45) is 0.778. The van der Waals surface area contributed by atoms with Gasteiger partial charge in [-0.1, -0.05) is 11.6 Å². The van der Waals surface area contributed by atoms with Gasteiger partial charge in [-0.05, 0) is 49.5 Å². The summed E-state index contributed by atoms with van der Waals surface area (Å²) in [4.78, 5) is 48.2. The number of halogens is 1. The number of likely N-dealkylation sites (N-methyl/N-ethyl adjacent to an activating group) is 1. The first-order valence-corrected chi connectivity index (χ1v) is 11.9. The quantitative estimate of drug-likeness (QED) is 0.314. The highest BCUT2D eigenvalue weighted by Gasteiger charge is 2.23. The molecular formula is C24H20ClN5O4S. The van der Waals surface area contributed by atoms with Crippen LogP contribution < -0.4 is 10.6 Å². The lowest BCUT2D eigenvalue weighted by Crippen LogP contribution is -2.25. The number of aromatic carboxylic acids is 1. The molecule has 0 bridgehead atoms. The molecule has 0 saturated heterocycles. The lowest BCUT2D eigenvalue weighted by molar-refractivity contribution is 0.0696. The molecule has 1 aliphatic heterocycles. The van der Waals surface area contributed by atoms with Crippen molar-refractivity contribution >= 4 is 63.0 Å². The van der Waals surface area contributed by atoms with Crippen LogP contribution in [0.1, 0.15) is 41.2 Å². The number of amides is 2. The first kappa shape index (κ1) is 23.0. The SMILES string of the molecule is CN1CCc2nc(C(=O)Nc3ccc(C(=O)O)cc3NC(=O)c3cc4cc(Cl)ccc4[nH]3)sc2C1. The van der Waals surface area contributed by atoms with Gasteiger partial charge in [-0.2, -0.15) is 0 Å². The number of nitrogens with one attached hydrogen (secondary N) is 3. The van der Waals surface area contributed by atoms with E-state index in [0.29, 0.717) is 10.0 Å². The minimum atomic E-state index is -1.16. The Bertz CT molecular complexity index is 1490. The fraction of sp³-hybridized carbons (Fsp3) is 0.167. The fourth-order valence-electron chi connectivity index (χ4n) is 3.90. The molecule has 0 saturated carbocycles. The summed E-state index contributed by atoms with van der Waals surface area (Å²) in [5.74, 6) is -2.08. The largest absolute Gasteiger partial charge is 0.478 e. The molecule has 11 heteroatoms. The predicted molar refractivity (Wildman–Crippen MR) is 135 cm³/mol. The van der Waals surface area contributed by atoms with Gasteiger partial charge in [0.15, 0.2) is 5.01 Å². The van der Waals surface area contributed by atoms with Crippen molar-refractivity contribution in [2.75, 3.05) is 24.2 Å². The van der Waals surface area contributed by atoms with Gasteiger partial charge < -0.3 is 25.6 Å². The van der Waals surface area contributed by atoms with E-state index in [1.165, 1.54) is 29.5 Å². The van der Waals surface area contributed by atoms with Crippen LogP contribution in [0.4, 0.5) is 11.4 Å². The third-order valence-corrected chi connectivity index (χ3v) is 7.02. The molecule has 0 spiro atoms. The summed E-state index contributed by atoms with van der Waals surface area (Å²) in [5.41, 5.74) is 2.29. The number of carbonyl (C=O) groups is 3. The number of carboxylic acid groups (broad SMARTS) is 1. The van der Waals surface area contributed by atoms with Crippen LogP contribution in [-0.4, -0.2) is 51.4 Å². The molecule has 0 fully saturated rings. The zero-order valence-electron chi connectivity index (χ0n) is 18.5. The van der Waals surface area contributed by atoms with E-state index in [1.54, 1.807) is 24.3 Å². The highest BCUT2D eigenvalue weighted by Crippen LogP contribution is 2.28. The molecule has 0 unspecified atom stereocenters. The fourth-order valence-corrected chi connectivity index (χ4v) is 5.17. The number of fused-ring (bicyclic) bond motifs is 2. The molecule has 3 heterocycles. The lowest BCUT2D eigenvalue weighted by Gasteiger charge is -2.20. The molecule has 35 heavy (non-hydrogen) atoms. The van der Waals surface area contributed by atoms with Gasteiger partial charge in [-0.25, -0.2) is 9.78 Å². The maximum Gasteiger partial charge on any atom is 0.335 e. The molecule has 2 aromatic heterocycles. The lowest BCUT2D eigenvalue weighted by atomic mass is 10.1. The van der Waals surface area contributed by atoms with Crippen LogP contribution in [0.3, 0.4) is 0 Å². The number of hydrogen-bond acceptors (Lipinski definition) is 6. The van der Waals surface area contributed by atoms with Crippen LogP contribution in [-0.2, 0) is 13.0 Å². The van der Waals surface area contributed by atoms with Gasteiger partial charge >= 0.3 is 5.97 Å². The number of nitrogens with zero attached hydrogens (tertiary/aromatic N) is 2. The number of carboxylic acids is 1. The molecule has 0 aliphatic carbocycles. The average molecular weight is 510 g/mol. The number of aromatic amines is 1. The first-order valence-electron chi connectivity index (χ1n) is 10.7. The number of benzene rings is 2. The molecule has 5 rings (SSSR count). The summed E-state index contributed by atoms with van der Waals surface area (Å²) in [7, 11) is 2.02. The Balaban J connectivity index is 1.41. The molecule has 4 aromatic rings. The maximum atomic E-state index is 13.0. The van der Waals surface area contributed by atoms with Crippen molar-refractivity contribution in [1.29, 1.82) is 0 Å². The van der Waals surface area contributed by atoms with Crippen molar-refractivity contribution in [3.05, 3.63) is 74.3 Å². The molecule has 9 nitrogen and oxygen atoms in total. The van der Waals surface area contributed by atoms with E-state index in [-0.39, 0.29) is 22.6 Å². The van der Waals surface area contributed by atoms with E-state index in [4.69, 9.17) is 11.6 Å². The Labute approximate surface area is 208 Å². The Morgan fingerprint density at radius 2 is 1.89 bits per heavy atom. The van der Waals surface area contributed by atoms with E-state index in [9.17, 15) is 19.5 Å². The second-order valence-corrected chi connectivity index (χ2v) is 9.79. The van der Waals surface area contributed by atoms with Crippen LogP contribution in [0.25, 0.3) is 10.9 Å². The summed E-state index contributed by atoms with van der Waals surface area (Å²) in [6, 6.07) is 11.0. The van der Waals surface area contributed by atoms with Crippen LogP contribution in [0.15, 0.2) is 42.5 Å². The summed E-state index contributed by atoms with van der Waals surface area (Å²) < 4.78 is 0. The van der Waals surface area contributed by atoms with E-state index >= 15 is 0 Å².